The van der Waals surface area contributed by atoms with Gasteiger partial charge in [0, 0.05) is 13.1 Å². The van der Waals surface area contributed by atoms with Crippen molar-refractivity contribution in [3.63, 3.8) is 0 Å². The van der Waals surface area contributed by atoms with Crippen LogP contribution in [-0.2, 0) is 19.1 Å². The number of terminal acetylenes is 1. The average Bonchev–Trinajstić information content (AvgIpc) is 2.28. The predicted octanol–water partition coefficient (Wildman–Crippen LogP) is -0.590. The zero-order valence-corrected chi connectivity index (χ0v) is 8.56. The maximum absolute atomic E-state index is 11.2. The molecule has 1 aliphatic heterocycles. The molecule has 0 spiro atoms. The average molecular weight is 211 g/mol. The van der Waals surface area contributed by atoms with E-state index in [9.17, 15) is 9.59 Å². The van der Waals surface area contributed by atoms with Crippen molar-refractivity contribution < 1.29 is 19.1 Å². The summed E-state index contributed by atoms with van der Waals surface area (Å²) in [6.45, 7) is 1.22. The first-order valence-electron chi connectivity index (χ1n) is 4.61. The fourth-order valence-corrected chi connectivity index (χ4v) is 1.39. The Morgan fingerprint density at radius 3 is 3.00 bits per heavy atom. The highest BCUT2D eigenvalue weighted by Gasteiger charge is 2.25. The Hall–Kier alpha value is -1.54. The van der Waals surface area contributed by atoms with E-state index < -0.39 is 0 Å². The molecule has 1 heterocycles. The number of amides is 1. The number of rotatable bonds is 2. The first kappa shape index (κ1) is 11.5. The molecule has 1 saturated heterocycles. The van der Waals surface area contributed by atoms with Gasteiger partial charge in [-0.1, -0.05) is 0 Å². The smallest absolute Gasteiger partial charge is 0.308 e. The van der Waals surface area contributed by atoms with E-state index in [1.165, 1.54) is 12.0 Å². The van der Waals surface area contributed by atoms with E-state index >= 15 is 0 Å². The van der Waals surface area contributed by atoms with Gasteiger partial charge in [-0.15, -0.1) is 6.42 Å². The van der Waals surface area contributed by atoms with Crippen LogP contribution in [0.4, 0.5) is 0 Å². The number of esters is 1. The molecule has 5 nitrogen and oxygen atoms in total. The van der Waals surface area contributed by atoms with Gasteiger partial charge in [0.15, 0.2) is 0 Å². The Balaban J connectivity index is 2.46. The highest BCUT2D eigenvalue weighted by atomic mass is 16.5. The van der Waals surface area contributed by atoms with E-state index in [4.69, 9.17) is 11.2 Å². The Morgan fingerprint density at radius 1 is 1.67 bits per heavy atom. The molecule has 1 rings (SSSR count). The van der Waals surface area contributed by atoms with Crippen molar-refractivity contribution in [2.45, 2.75) is 12.5 Å². The second-order valence-electron chi connectivity index (χ2n) is 3.17. The third-order valence-corrected chi connectivity index (χ3v) is 2.17. The van der Waals surface area contributed by atoms with Crippen molar-refractivity contribution in [3.05, 3.63) is 0 Å². The Kier molecular flexibility index (Phi) is 4.13. The molecule has 15 heavy (non-hydrogen) atoms. The minimum Gasteiger partial charge on any atom is -0.469 e. The van der Waals surface area contributed by atoms with E-state index in [1.807, 2.05) is 5.92 Å². The summed E-state index contributed by atoms with van der Waals surface area (Å²) < 4.78 is 9.82. The molecule has 0 aromatic heterocycles. The van der Waals surface area contributed by atoms with Gasteiger partial charge in [-0.25, -0.2) is 0 Å². The number of carbonyl (C=O) groups excluding carboxylic acids is 2. The van der Waals surface area contributed by atoms with Gasteiger partial charge in [0.2, 0.25) is 0 Å². The molecule has 0 aliphatic carbocycles. The summed E-state index contributed by atoms with van der Waals surface area (Å²) >= 11 is 0. The molecule has 0 N–H and O–H groups in total. The molecule has 5 heteroatoms. The van der Waals surface area contributed by atoms with Crippen LogP contribution in [0.25, 0.3) is 0 Å². The van der Waals surface area contributed by atoms with E-state index in [1.54, 1.807) is 0 Å². The molecule has 0 saturated carbocycles. The van der Waals surface area contributed by atoms with Crippen molar-refractivity contribution in [2.24, 2.45) is 0 Å². The minimum atomic E-state index is -0.367. The third-order valence-electron chi connectivity index (χ3n) is 2.17. The monoisotopic (exact) mass is 211 g/mol. The molecule has 1 atom stereocenters. The summed E-state index contributed by atoms with van der Waals surface area (Å²) in [4.78, 5) is 23.7. The number of methoxy groups -OCH3 is 1. The molecule has 0 radical (unpaired) electrons. The fraction of sp³-hybridized carbons (Fsp3) is 0.600. The van der Waals surface area contributed by atoms with Crippen LogP contribution in [0.5, 0.6) is 0 Å². The van der Waals surface area contributed by atoms with Gasteiger partial charge in [-0.2, -0.15) is 0 Å². The van der Waals surface area contributed by atoms with Gasteiger partial charge in [0.25, 0.3) is 5.91 Å². The number of hydrogen-bond acceptors (Lipinski definition) is 4. The molecule has 1 fully saturated rings. The molecule has 1 unspecified atom stereocenters. The molecule has 1 amide bonds. The second kappa shape index (κ2) is 5.37. The lowest BCUT2D eigenvalue weighted by Gasteiger charge is -2.31. The number of hydrogen-bond donors (Lipinski definition) is 0. The molecule has 1 aliphatic rings. The van der Waals surface area contributed by atoms with Gasteiger partial charge >= 0.3 is 5.97 Å². The van der Waals surface area contributed by atoms with E-state index in [0.717, 1.165) is 0 Å². The van der Waals surface area contributed by atoms with Gasteiger partial charge < -0.3 is 14.4 Å². The van der Waals surface area contributed by atoms with Crippen LogP contribution in [0.3, 0.4) is 0 Å². The summed E-state index contributed by atoms with van der Waals surface area (Å²) in [5.74, 6) is 1.32. The lowest BCUT2D eigenvalue weighted by atomic mass is 10.2. The number of morpholine rings is 1. The topological polar surface area (TPSA) is 55.8 Å². The molecular weight excluding hydrogens is 198 g/mol. The second-order valence-corrected chi connectivity index (χ2v) is 3.17. The van der Waals surface area contributed by atoms with E-state index in [-0.39, 0.29) is 24.4 Å². The Bertz CT molecular complexity index is 294. The van der Waals surface area contributed by atoms with Crippen LogP contribution in [0, 0.1) is 12.3 Å². The normalized spacial score (nSPS) is 20.5. The summed E-state index contributed by atoms with van der Waals surface area (Å²) in [6.07, 6.45) is 4.83. The van der Waals surface area contributed by atoms with E-state index in [0.29, 0.717) is 19.7 Å². The van der Waals surface area contributed by atoms with Crippen LogP contribution in [0.2, 0.25) is 0 Å². The van der Waals surface area contributed by atoms with Gasteiger partial charge in [-0.3, -0.25) is 9.59 Å². The molecule has 82 valence electrons. The zero-order valence-electron chi connectivity index (χ0n) is 8.56. The van der Waals surface area contributed by atoms with Crippen molar-refractivity contribution in [2.75, 3.05) is 26.8 Å². The van der Waals surface area contributed by atoms with Crippen LogP contribution in [0.15, 0.2) is 0 Å². The third kappa shape index (κ3) is 3.26. The Labute approximate surface area is 88.3 Å². The zero-order chi connectivity index (χ0) is 11.3. The standard InChI is InChI=1S/C10H13NO4/c1-3-9(12)11-4-5-15-8(7-11)6-10(13)14-2/h1,8H,4-7H2,2H3. The predicted molar refractivity (Wildman–Crippen MR) is 51.8 cm³/mol. The maximum atomic E-state index is 11.2. The summed E-state index contributed by atoms with van der Waals surface area (Å²) in [7, 11) is 1.31. The van der Waals surface area contributed by atoms with Crippen LogP contribution in [-0.4, -0.2) is 49.7 Å². The van der Waals surface area contributed by atoms with Crippen LogP contribution in [0.1, 0.15) is 6.42 Å². The Morgan fingerprint density at radius 2 is 2.40 bits per heavy atom. The summed E-state index contributed by atoms with van der Waals surface area (Å²) in [5.41, 5.74) is 0. The molecule has 0 aromatic carbocycles. The first-order valence-corrected chi connectivity index (χ1v) is 4.61. The highest BCUT2D eigenvalue weighted by molar-refractivity contribution is 5.93. The molecule has 0 aromatic rings. The summed E-state index contributed by atoms with van der Waals surface area (Å²) in [5, 5.41) is 0. The van der Waals surface area contributed by atoms with Gasteiger partial charge in [0.05, 0.1) is 26.2 Å². The van der Waals surface area contributed by atoms with Crippen molar-refractivity contribution >= 4 is 11.9 Å². The van der Waals surface area contributed by atoms with Crippen molar-refractivity contribution in [1.82, 2.24) is 4.90 Å². The van der Waals surface area contributed by atoms with Crippen molar-refractivity contribution in [3.8, 4) is 12.3 Å². The molecule has 0 bridgehead atoms. The highest BCUT2D eigenvalue weighted by Crippen LogP contribution is 2.09. The number of ether oxygens (including phenoxy) is 2. The van der Waals surface area contributed by atoms with Gasteiger partial charge in [0.1, 0.15) is 0 Å². The van der Waals surface area contributed by atoms with Crippen LogP contribution >= 0.6 is 0 Å². The minimum absolute atomic E-state index is 0.144. The van der Waals surface area contributed by atoms with Gasteiger partial charge in [-0.05, 0) is 5.92 Å². The first-order chi connectivity index (χ1) is 7.17. The van der Waals surface area contributed by atoms with E-state index in [2.05, 4.69) is 4.74 Å². The largest absolute Gasteiger partial charge is 0.469 e. The lowest BCUT2D eigenvalue weighted by molar-refractivity contribution is -0.148. The SMILES string of the molecule is C#CC(=O)N1CCOC(CC(=O)OC)C1. The quantitative estimate of drug-likeness (QED) is 0.452. The number of carbonyl (C=O) groups is 2. The van der Waals surface area contributed by atoms with Crippen LogP contribution < -0.4 is 0 Å². The molecular formula is C10H13NO4. The summed E-state index contributed by atoms with van der Waals surface area (Å²) in [6, 6.07) is 0. The number of nitrogens with zero attached hydrogens (tertiary/aromatic N) is 1. The lowest BCUT2D eigenvalue weighted by Crippen LogP contribution is -2.45. The maximum Gasteiger partial charge on any atom is 0.308 e. The van der Waals surface area contributed by atoms with Crippen molar-refractivity contribution in [1.29, 1.82) is 0 Å². The fourth-order valence-electron chi connectivity index (χ4n) is 1.39.